The molecule has 0 bridgehead atoms. The molecule has 13 nitrogen and oxygen atoms in total. The number of aromatic nitrogens is 4. The summed E-state index contributed by atoms with van der Waals surface area (Å²) >= 11 is 0. The Morgan fingerprint density at radius 2 is 1.47 bits per heavy atom. The Hall–Kier alpha value is -5.60. The minimum absolute atomic E-state index is 0.194. The van der Waals surface area contributed by atoms with E-state index in [1.807, 2.05) is 59.5 Å². The highest BCUT2D eigenvalue weighted by molar-refractivity contribution is 6.03. The van der Waals surface area contributed by atoms with E-state index >= 15 is 0 Å². The predicted octanol–water partition coefficient (Wildman–Crippen LogP) is 5.48. The monoisotopic (exact) mass is 720 g/mol. The molecule has 0 atom stereocenters. The molecule has 274 valence electrons. The Morgan fingerprint density at radius 3 is 2.13 bits per heavy atom. The number of nitrogens with zero attached hydrogens (tertiary/aromatic N) is 7. The zero-order chi connectivity index (χ0) is 36.6. The van der Waals surface area contributed by atoms with Gasteiger partial charge in [-0.15, -0.1) is 0 Å². The zero-order valence-electron chi connectivity index (χ0n) is 29.4. The minimum Gasteiger partial charge on any atom is -0.478 e. The third-order valence-corrected chi connectivity index (χ3v) is 10.9. The lowest BCUT2D eigenvalue weighted by molar-refractivity contribution is 0.0436. The van der Waals surface area contributed by atoms with Crippen LogP contribution >= 0.6 is 0 Å². The molecule has 14 heteroatoms. The van der Waals surface area contributed by atoms with Gasteiger partial charge in [-0.25, -0.2) is 28.6 Å². The number of halogens is 1. The van der Waals surface area contributed by atoms with E-state index < -0.39 is 17.8 Å². The molecular weight excluding hydrogens is 679 g/mol. The number of esters is 1. The number of carboxylic acid groups (broad SMARTS) is 1. The van der Waals surface area contributed by atoms with Gasteiger partial charge in [0.15, 0.2) is 5.65 Å². The molecule has 2 aromatic heterocycles. The second-order valence-electron chi connectivity index (χ2n) is 13.9. The maximum Gasteiger partial charge on any atom is 0.338 e. The van der Waals surface area contributed by atoms with Gasteiger partial charge in [0.25, 0.3) is 0 Å². The van der Waals surface area contributed by atoms with Gasteiger partial charge in [0.05, 0.1) is 35.4 Å². The van der Waals surface area contributed by atoms with Crippen molar-refractivity contribution in [3.63, 3.8) is 0 Å². The molecule has 2 saturated heterocycles. The predicted molar refractivity (Wildman–Crippen MR) is 197 cm³/mol. The number of carbonyl (C=O) groups excluding carboxylic acids is 1. The van der Waals surface area contributed by atoms with Crippen molar-refractivity contribution in [2.45, 2.75) is 43.8 Å². The first kappa shape index (κ1) is 34.5. The standard InChI is InChI=1S/C39H41FN8O5/c1-52-39(51)31-19-32(40)33(20-30(31)38(49)50)47-21-27(22-47)46-17-15-45(16-18-46)25-9-11-26(12-10-25)48-37-34(36(41)42-23-43-37)35(44-48)24-7-13-29(14-8-24)53-28-5-3-2-4-6-28/h2-8,13-14,19-20,23,25-27H,9-12,15-18,21-22H2,1H3,(H,49,50)(H2,41,42,43). The number of carboxylic acids is 1. The number of carbonyl (C=O) groups is 2. The van der Waals surface area contributed by atoms with Gasteiger partial charge in [0, 0.05) is 56.9 Å². The van der Waals surface area contributed by atoms with Crippen molar-refractivity contribution in [1.29, 1.82) is 0 Å². The lowest BCUT2D eigenvalue weighted by Crippen LogP contribution is -2.64. The molecule has 1 saturated carbocycles. The highest BCUT2D eigenvalue weighted by Crippen LogP contribution is 2.38. The Bertz CT molecular complexity index is 2120. The number of piperazine rings is 1. The molecule has 2 aliphatic heterocycles. The number of rotatable bonds is 9. The molecule has 1 aliphatic carbocycles. The summed E-state index contributed by atoms with van der Waals surface area (Å²) in [5.74, 6) is -0.892. The number of nitrogen functional groups attached to an aromatic ring is 1. The highest BCUT2D eigenvalue weighted by atomic mass is 19.1. The van der Waals surface area contributed by atoms with Gasteiger partial charge >= 0.3 is 11.9 Å². The third-order valence-electron chi connectivity index (χ3n) is 10.9. The fraction of sp³-hybridized carbons (Fsp3) is 0.359. The fourth-order valence-electron chi connectivity index (χ4n) is 8.04. The maximum absolute atomic E-state index is 15.0. The van der Waals surface area contributed by atoms with E-state index in [9.17, 15) is 19.1 Å². The van der Waals surface area contributed by atoms with Crippen LogP contribution in [0.1, 0.15) is 52.4 Å². The number of methoxy groups -OCH3 is 1. The minimum atomic E-state index is -1.30. The van der Waals surface area contributed by atoms with Crippen molar-refractivity contribution in [1.82, 2.24) is 29.5 Å². The van der Waals surface area contributed by atoms with E-state index in [1.54, 1.807) is 0 Å². The van der Waals surface area contributed by atoms with Crippen molar-refractivity contribution < 1.29 is 28.6 Å². The topological polar surface area (TPSA) is 152 Å². The molecule has 3 aliphatic rings. The first-order valence-electron chi connectivity index (χ1n) is 18.0. The van der Waals surface area contributed by atoms with E-state index in [-0.39, 0.29) is 28.9 Å². The second kappa shape index (κ2) is 14.4. The molecule has 0 amide bonds. The average Bonchev–Trinajstić information content (AvgIpc) is 3.56. The third kappa shape index (κ3) is 6.75. The van der Waals surface area contributed by atoms with Crippen LogP contribution in [0.3, 0.4) is 0 Å². The first-order valence-corrected chi connectivity index (χ1v) is 18.0. The van der Waals surface area contributed by atoms with E-state index in [2.05, 4.69) is 29.2 Å². The molecular formula is C39H41FN8O5. The number of benzene rings is 3. The van der Waals surface area contributed by atoms with Crippen LogP contribution in [0.15, 0.2) is 73.1 Å². The smallest absolute Gasteiger partial charge is 0.338 e. The van der Waals surface area contributed by atoms with Crippen LogP contribution in [0.4, 0.5) is 15.9 Å². The summed E-state index contributed by atoms with van der Waals surface area (Å²) in [5.41, 5.74) is 8.49. The molecule has 3 aromatic carbocycles. The summed E-state index contributed by atoms with van der Waals surface area (Å²) in [5, 5.41) is 15.5. The molecule has 3 N–H and O–H groups in total. The Kier molecular flexibility index (Phi) is 9.39. The Balaban J connectivity index is 0.871. The van der Waals surface area contributed by atoms with Crippen molar-refractivity contribution >= 4 is 34.5 Å². The second-order valence-corrected chi connectivity index (χ2v) is 13.9. The van der Waals surface area contributed by atoms with Crippen molar-refractivity contribution in [2.75, 3.05) is 57.0 Å². The van der Waals surface area contributed by atoms with E-state index in [1.165, 1.54) is 12.4 Å². The molecule has 0 spiro atoms. The number of ether oxygens (including phenoxy) is 2. The van der Waals surface area contributed by atoms with Crippen molar-refractivity contribution in [3.05, 3.63) is 90.0 Å². The van der Waals surface area contributed by atoms with E-state index in [0.29, 0.717) is 24.9 Å². The molecule has 4 heterocycles. The number of nitrogens with two attached hydrogens (primary N) is 1. The van der Waals surface area contributed by atoms with Crippen LogP contribution in [0.5, 0.6) is 11.5 Å². The number of hydrogen-bond acceptors (Lipinski definition) is 11. The molecule has 8 rings (SSSR count). The van der Waals surface area contributed by atoms with E-state index in [0.717, 1.165) is 98.8 Å². The molecule has 0 radical (unpaired) electrons. The van der Waals surface area contributed by atoms with Gasteiger partial charge in [-0.1, -0.05) is 18.2 Å². The molecule has 0 unspecified atom stereocenters. The summed E-state index contributed by atoms with van der Waals surface area (Å²) in [6.45, 7) is 4.94. The SMILES string of the molecule is COC(=O)c1cc(F)c(N2CC(N3CCN(C4CCC(n5nc(-c6ccc(Oc7ccccc7)cc6)c6c(N)ncnc65)CC4)CC3)C2)cc1C(=O)O. The average molecular weight is 721 g/mol. The summed E-state index contributed by atoms with van der Waals surface area (Å²) < 4.78 is 27.7. The molecule has 5 aromatic rings. The van der Waals surface area contributed by atoms with Gasteiger partial charge in [-0.3, -0.25) is 9.80 Å². The van der Waals surface area contributed by atoms with Crippen LogP contribution in [-0.2, 0) is 4.74 Å². The van der Waals surface area contributed by atoms with Crippen LogP contribution in [0.25, 0.3) is 22.3 Å². The normalized spacial score (nSPS) is 19.9. The van der Waals surface area contributed by atoms with Gasteiger partial charge < -0.3 is 25.2 Å². The maximum atomic E-state index is 15.0. The van der Waals surface area contributed by atoms with Crippen LogP contribution in [0, 0.1) is 5.82 Å². The lowest BCUT2D eigenvalue weighted by Gasteiger charge is -2.50. The number of hydrogen-bond donors (Lipinski definition) is 2. The van der Waals surface area contributed by atoms with Crippen LogP contribution in [-0.4, -0.2) is 105 Å². The van der Waals surface area contributed by atoms with Crippen molar-refractivity contribution in [3.8, 4) is 22.8 Å². The summed E-state index contributed by atoms with van der Waals surface area (Å²) in [4.78, 5) is 39.6. The van der Waals surface area contributed by atoms with Gasteiger partial charge in [-0.2, -0.15) is 5.10 Å². The fourth-order valence-corrected chi connectivity index (χ4v) is 8.04. The summed E-state index contributed by atoms with van der Waals surface area (Å²) in [6, 6.07) is 20.7. The van der Waals surface area contributed by atoms with Crippen molar-refractivity contribution in [2.24, 2.45) is 0 Å². The molecule has 3 fully saturated rings. The Morgan fingerprint density at radius 1 is 0.830 bits per heavy atom. The summed E-state index contributed by atoms with van der Waals surface area (Å²) in [6.07, 6.45) is 5.57. The lowest BCUT2D eigenvalue weighted by atomic mass is 9.89. The van der Waals surface area contributed by atoms with Gasteiger partial charge in [-0.05, 0) is 74.2 Å². The Labute approximate surface area is 305 Å². The largest absolute Gasteiger partial charge is 0.478 e. The number of aromatic carboxylic acids is 1. The zero-order valence-corrected chi connectivity index (χ0v) is 29.4. The number of para-hydroxylation sites is 1. The first-order chi connectivity index (χ1) is 25.8. The molecule has 53 heavy (non-hydrogen) atoms. The summed E-state index contributed by atoms with van der Waals surface area (Å²) in [7, 11) is 1.14. The highest BCUT2D eigenvalue weighted by Gasteiger charge is 2.37. The quantitative estimate of drug-likeness (QED) is 0.186. The van der Waals surface area contributed by atoms with Gasteiger partial charge in [0.1, 0.15) is 35.2 Å². The van der Waals surface area contributed by atoms with Crippen LogP contribution < -0.4 is 15.4 Å². The van der Waals surface area contributed by atoms with E-state index in [4.69, 9.17) is 15.6 Å². The van der Waals surface area contributed by atoms with Crippen LogP contribution in [0.2, 0.25) is 0 Å². The number of anilines is 2. The number of fused-ring (bicyclic) bond motifs is 1. The van der Waals surface area contributed by atoms with Gasteiger partial charge in [0.2, 0.25) is 0 Å².